The van der Waals surface area contributed by atoms with E-state index in [0.29, 0.717) is 12.1 Å². The van der Waals surface area contributed by atoms with Gasteiger partial charge in [0.2, 0.25) is 0 Å². The van der Waals surface area contributed by atoms with E-state index in [1.165, 1.54) is 4.88 Å². The van der Waals surface area contributed by atoms with Gasteiger partial charge in [-0.2, -0.15) is 0 Å². The first-order valence-corrected chi connectivity index (χ1v) is 12.6. The predicted molar refractivity (Wildman–Crippen MR) is 141 cm³/mol. The van der Waals surface area contributed by atoms with Crippen molar-refractivity contribution in [1.82, 2.24) is 19.9 Å². The number of aliphatic carboxylic acids is 1. The van der Waals surface area contributed by atoms with Gasteiger partial charge in [-0.3, -0.25) is 9.59 Å². The van der Waals surface area contributed by atoms with Gasteiger partial charge in [0.1, 0.15) is 0 Å². The number of thiazole rings is 1. The molecular weight excluding hydrogens is 474 g/mol. The molecular formula is C27H29N5O3S. The Kier molecular flexibility index (Phi) is 8.46. The lowest BCUT2D eigenvalue weighted by Crippen LogP contribution is -2.26. The number of rotatable bonds is 12. The first-order valence-electron chi connectivity index (χ1n) is 11.8. The molecule has 8 nitrogen and oxygen atoms in total. The van der Waals surface area contributed by atoms with Crippen molar-refractivity contribution in [2.45, 2.75) is 32.9 Å². The Morgan fingerprint density at radius 3 is 2.58 bits per heavy atom. The highest BCUT2D eigenvalue weighted by Crippen LogP contribution is 2.33. The average molecular weight is 504 g/mol. The molecule has 0 atom stereocenters. The van der Waals surface area contributed by atoms with Crippen LogP contribution in [0.5, 0.6) is 0 Å². The zero-order chi connectivity index (χ0) is 25.3. The molecule has 0 aliphatic heterocycles. The average Bonchev–Trinajstić information content (AvgIpc) is 3.54. The summed E-state index contributed by atoms with van der Waals surface area (Å²) in [5.74, 6) is -1.21. The lowest BCUT2D eigenvalue weighted by molar-refractivity contribution is -0.136. The number of nitrogens with zero attached hydrogens (tertiary/aromatic N) is 4. The van der Waals surface area contributed by atoms with Crippen LogP contribution in [0.2, 0.25) is 0 Å². The molecule has 0 aliphatic rings. The number of hydrogen-bond donors (Lipinski definition) is 2. The van der Waals surface area contributed by atoms with Crippen LogP contribution in [-0.4, -0.2) is 44.6 Å². The molecule has 0 fully saturated rings. The largest absolute Gasteiger partial charge is 0.481 e. The highest BCUT2D eigenvalue weighted by atomic mass is 32.1. The van der Waals surface area contributed by atoms with Gasteiger partial charge in [-0.05, 0) is 31.0 Å². The minimum absolute atomic E-state index is 0.101. The van der Waals surface area contributed by atoms with Crippen LogP contribution >= 0.6 is 11.3 Å². The van der Waals surface area contributed by atoms with E-state index in [9.17, 15) is 9.59 Å². The number of aromatic nitrogens is 3. The van der Waals surface area contributed by atoms with Gasteiger partial charge in [0.15, 0.2) is 5.13 Å². The third kappa shape index (κ3) is 6.79. The van der Waals surface area contributed by atoms with Crippen LogP contribution in [-0.2, 0) is 17.9 Å². The molecule has 0 spiro atoms. The molecule has 2 aromatic carbocycles. The molecule has 1 amide bonds. The minimum atomic E-state index is -0.938. The summed E-state index contributed by atoms with van der Waals surface area (Å²) in [6.07, 6.45) is 6.40. The third-order valence-electron chi connectivity index (χ3n) is 5.72. The SMILES string of the molecule is Cc1sc(N(CCCn2ccnc2)Cc2ccc(C(=O)NCCC(=O)O)cc2)nc1-c1ccccc1. The molecule has 2 N–H and O–H groups in total. The molecule has 2 aromatic heterocycles. The van der Waals surface area contributed by atoms with Crippen molar-refractivity contribution in [2.75, 3.05) is 18.0 Å². The van der Waals surface area contributed by atoms with Crippen LogP contribution in [0.4, 0.5) is 5.13 Å². The Hall–Kier alpha value is -3.98. The number of carbonyl (C=O) groups excluding carboxylic acids is 1. The number of benzene rings is 2. The second-order valence-corrected chi connectivity index (χ2v) is 9.62. The smallest absolute Gasteiger partial charge is 0.305 e. The fraction of sp³-hybridized carbons (Fsp3) is 0.259. The standard InChI is InChI=1S/C27H29N5O3S/c1-20-25(22-6-3-2-4-7-22)30-27(36-20)32(16-5-15-31-17-14-28-19-31)18-21-8-10-23(11-9-21)26(35)29-13-12-24(33)34/h2-4,6-11,14,17,19H,5,12-13,15-16,18H2,1H3,(H,29,35)(H,33,34). The number of nitrogens with one attached hydrogen (secondary N) is 1. The zero-order valence-corrected chi connectivity index (χ0v) is 20.9. The molecule has 0 bridgehead atoms. The van der Waals surface area contributed by atoms with Crippen molar-refractivity contribution in [3.8, 4) is 11.3 Å². The summed E-state index contributed by atoms with van der Waals surface area (Å²) < 4.78 is 2.07. The molecule has 0 radical (unpaired) electrons. The number of carboxylic acid groups (broad SMARTS) is 1. The quantitative estimate of drug-likeness (QED) is 0.293. The van der Waals surface area contributed by atoms with Gasteiger partial charge in [-0.1, -0.05) is 42.5 Å². The maximum Gasteiger partial charge on any atom is 0.305 e. The van der Waals surface area contributed by atoms with E-state index in [2.05, 4.69) is 38.8 Å². The van der Waals surface area contributed by atoms with Gasteiger partial charge >= 0.3 is 5.97 Å². The number of carbonyl (C=O) groups is 2. The second kappa shape index (κ2) is 12.1. The van der Waals surface area contributed by atoms with Crippen molar-refractivity contribution >= 4 is 28.3 Å². The van der Waals surface area contributed by atoms with E-state index in [-0.39, 0.29) is 18.9 Å². The summed E-state index contributed by atoms with van der Waals surface area (Å²) in [7, 11) is 0. The summed E-state index contributed by atoms with van der Waals surface area (Å²) in [4.78, 5) is 35.5. The fourth-order valence-corrected chi connectivity index (χ4v) is 4.81. The Bertz CT molecular complexity index is 1270. The first kappa shape index (κ1) is 25.1. The number of amides is 1. The fourth-order valence-electron chi connectivity index (χ4n) is 3.85. The lowest BCUT2D eigenvalue weighted by Gasteiger charge is -2.22. The molecule has 0 unspecified atom stereocenters. The molecule has 0 saturated heterocycles. The number of aryl methyl sites for hydroxylation is 2. The molecule has 2 heterocycles. The molecule has 0 saturated carbocycles. The van der Waals surface area contributed by atoms with Gasteiger partial charge in [-0.15, -0.1) is 11.3 Å². The molecule has 9 heteroatoms. The highest BCUT2D eigenvalue weighted by molar-refractivity contribution is 7.16. The number of imidazole rings is 1. The van der Waals surface area contributed by atoms with Gasteiger partial charge < -0.3 is 19.9 Å². The first-order chi connectivity index (χ1) is 17.5. The van der Waals surface area contributed by atoms with Gasteiger partial charge in [0.25, 0.3) is 5.91 Å². The summed E-state index contributed by atoms with van der Waals surface area (Å²) in [5.41, 5.74) is 3.68. The summed E-state index contributed by atoms with van der Waals surface area (Å²) in [6.45, 7) is 4.54. The molecule has 36 heavy (non-hydrogen) atoms. The van der Waals surface area contributed by atoms with E-state index in [1.54, 1.807) is 29.7 Å². The maximum absolute atomic E-state index is 12.3. The van der Waals surface area contributed by atoms with E-state index in [1.807, 2.05) is 42.9 Å². The van der Waals surface area contributed by atoms with Crippen molar-refractivity contribution in [3.63, 3.8) is 0 Å². The van der Waals surface area contributed by atoms with Crippen LogP contribution in [0.15, 0.2) is 73.3 Å². The van der Waals surface area contributed by atoms with E-state index in [4.69, 9.17) is 10.1 Å². The molecule has 0 aliphatic carbocycles. The minimum Gasteiger partial charge on any atom is -0.481 e. The van der Waals surface area contributed by atoms with Crippen LogP contribution < -0.4 is 10.2 Å². The van der Waals surface area contributed by atoms with Crippen LogP contribution in [0.3, 0.4) is 0 Å². The third-order valence-corrected chi connectivity index (χ3v) is 6.75. The lowest BCUT2D eigenvalue weighted by atomic mass is 10.1. The van der Waals surface area contributed by atoms with Crippen LogP contribution in [0.25, 0.3) is 11.3 Å². The Morgan fingerprint density at radius 2 is 1.89 bits per heavy atom. The van der Waals surface area contributed by atoms with Gasteiger partial charge in [-0.25, -0.2) is 9.97 Å². The number of carboxylic acids is 1. The Labute approximate surface area is 214 Å². The van der Waals surface area contributed by atoms with Crippen molar-refractivity contribution in [1.29, 1.82) is 0 Å². The normalized spacial score (nSPS) is 10.8. The van der Waals surface area contributed by atoms with Crippen molar-refractivity contribution in [2.24, 2.45) is 0 Å². The molecule has 4 rings (SSSR count). The van der Waals surface area contributed by atoms with Crippen LogP contribution in [0.1, 0.15) is 33.6 Å². The van der Waals surface area contributed by atoms with E-state index < -0.39 is 5.97 Å². The van der Waals surface area contributed by atoms with E-state index >= 15 is 0 Å². The number of hydrogen-bond acceptors (Lipinski definition) is 6. The Balaban J connectivity index is 1.48. The Morgan fingerprint density at radius 1 is 1.11 bits per heavy atom. The topological polar surface area (TPSA) is 100 Å². The van der Waals surface area contributed by atoms with Crippen molar-refractivity contribution in [3.05, 3.63) is 89.3 Å². The maximum atomic E-state index is 12.3. The monoisotopic (exact) mass is 503 g/mol. The van der Waals surface area contributed by atoms with Gasteiger partial charge in [0.05, 0.1) is 18.4 Å². The number of anilines is 1. The summed E-state index contributed by atoms with van der Waals surface area (Å²) in [5, 5.41) is 12.3. The molecule has 4 aromatic rings. The van der Waals surface area contributed by atoms with E-state index in [0.717, 1.165) is 41.5 Å². The highest BCUT2D eigenvalue weighted by Gasteiger charge is 2.16. The summed E-state index contributed by atoms with van der Waals surface area (Å²) >= 11 is 1.69. The van der Waals surface area contributed by atoms with Crippen LogP contribution in [0, 0.1) is 6.92 Å². The zero-order valence-electron chi connectivity index (χ0n) is 20.1. The van der Waals surface area contributed by atoms with Gasteiger partial charge in [0, 0.05) is 54.6 Å². The van der Waals surface area contributed by atoms with Crippen molar-refractivity contribution < 1.29 is 14.7 Å². The second-order valence-electron chi connectivity index (χ2n) is 8.44. The summed E-state index contributed by atoms with van der Waals surface area (Å²) in [6, 6.07) is 17.6. The molecule has 186 valence electrons. The predicted octanol–water partition coefficient (Wildman–Crippen LogP) is 4.62.